The third-order valence-electron chi connectivity index (χ3n) is 2.51. The summed E-state index contributed by atoms with van der Waals surface area (Å²) in [6, 6.07) is 4.97. The van der Waals surface area contributed by atoms with Crippen molar-refractivity contribution in [3.63, 3.8) is 0 Å². The van der Waals surface area contributed by atoms with Crippen LogP contribution in [0.4, 0.5) is 0 Å². The summed E-state index contributed by atoms with van der Waals surface area (Å²) in [4.78, 5) is 1.47. The van der Waals surface area contributed by atoms with E-state index in [1.54, 1.807) is 0 Å². The van der Waals surface area contributed by atoms with E-state index >= 15 is 0 Å². The van der Waals surface area contributed by atoms with Crippen LogP contribution in [0.15, 0.2) is 15.9 Å². The van der Waals surface area contributed by atoms with Gasteiger partial charge in [0.25, 0.3) is 0 Å². The van der Waals surface area contributed by atoms with Crippen molar-refractivity contribution < 1.29 is 0 Å². The third kappa shape index (κ3) is 3.71. The van der Waals surface area contributed by atoms with Gasteiger partial charge in [0.2, 0.25) is 0 Å². The average molecular weight is 276 g/mol. The van der Waals surface area contributed by atoms with Crippen LogP contribution in [0.1, 0.15) is 25.1 Å². The minimum absolute atomic E-state index is 0.635. The quantitative estimate of drug-likeness (QED) is 0.865. The lowest BCUT2D eigenvalue weighted by Gasteiger charge is -2.19. The van der Waals surface area contributed by atoms with Crippen LogP contribution in [-0.2, 0) is 6.42 Å². The molecule has 14 heavy (non-hydrogen) atoms. The molecule has 0 fully saturated rings. The largest absolute Gasteiger partial charge is 0.317 e. The monoisotopic (exact) mass is 275 g/mol. The number of halogens is 1. The zero-order valence-electron chi connectivity index (χ0n) is 9.01. The smallest absolute Gasteiger partial charge is 0.0701 e. The standard InChI is InChI=1S/C11H18BrNS/c1-8(2)10(13-3)6-4-9-5-7-11(12)14-9/h5,7-8,10,13H,4,6H2,1-3H3. The molecule has 1 nitrogen and oxygen atoms in total. The molecule has 0 saturated carbocycles. The number of aryl methyl sites for hydroxylation is 1. The highest BCUT2D eigenvalue weighted by Crippen LogP contribution is 2.24. The van der Waals surface area contributed by atoms with E-state index < -0.39 is 0 Å². The van der Waals surface area contributed by atoms with E-state index in [0.29, 0.717) is 12.0 Å². The van der Waals surface area contributed by atoms with Crippen LogP contribution in [0.5, 0.6) is 0 Å². The van der Waals surface area contributed by atoms with Gasteiger partial charge in [-0.3, -0.25) is 0 Å². The molecule has 1 aromatic heterocycles. The van der Waals surface area contributed by atoms with Gasteiger partial charge < -0.3 is 5.32 Å². The molecule has 1 N–H and O–H groups in total. The topological polar surface area (TPSA) is 12.0 Å². The fourth-order valence-corrected chi connectivity index (χ4v) is 3.09. The van der Waals surface area contributed by atoms with E-state index in [0.717, 1.165) is 0 Å². The van der Waals surface area contributed by atoms with Crippen molar-refractivity contribution in [1.29, 1.82) is 0 Å². The Morgan fingerprint density at radius 1 is 1.43 bits per heavy atom. The molecule has 0 saturated heterocycles. The minimum atomic E-state index is 0.635. The van der Waals surface area contributed by atoms with E-state index in [4.69, 9.17) is 0 Å². The molecule has 0 spiro atoms. The summed E-state index contributed by atoms with van der Waals surface area (Å²) in [7, 11) is 2.05. The number of hydrogen-bond donors (Lipinski definition) is 1. The molecular formula is C11H18BrNS. The van der Waals surface area contributed by atoms with E-state index in [2.05, 4.69) is 54.3 Å². The van der Waals surface area contributed by atoms with Gasteiger partial charge in [0.15, 0.2) is 0 Å². The minimum Gasteiger partial charge on any atom is -0.317 e. The van der Waals surface area contributed by atoms with Gasteiger partial charge in [0, 0.05) is 10.9 Å². The van der Waals surface area contributed by atoms with Crippen LogP contribution in [0, 0.1) is 5.92 Å². The second kappa shape index (κ2) is 5.89. The Kier molecular flexibility index (Phi) is 5.13. The molecule has 3 heteroatoms. The first-order chi connectivity index (χ1) is 6.63. The van der Waals surface area contributed by atoms with Crippen molar-refractivity contribution in [3.05, 3.63) is 20.8 Å². The van der Waals surface area contributed by atoms with Gasteiger partial charge in [-0.25, -0.2) is 0 Å². The molecule has 80 valence electrons. The first kappa shape index (κ1) is 12.2. The SMILES string of the molecule is CNC(CCc1ccc(Br)s1)C(C)C. The van der Waals surface area contributed by atoms with Crippen LogP contribution in [0.25, 0.3) is 0 Å². The van der Waals surface area contributed by atoms with E-state index in [9.17, 15) is 0 Å². The predicted octanol–water partition coefficient (Wildman–Crippen LogP) is 3.69. The normalized spacial score (nSPS) is 13.5. The molecule has 0 radical (unpaired) electrons. The van der Waals surface area contributed by atoms with Crippen LogP contribution in [-0.4, -0.2) is 13.1 Å². The highest BCUT2D eigenvalue weighted by Gasteiger charge is 2.10. The molecule has 1 rings (SSSR count). The van der Waals surface area contributed by atoms with Crippen LogP contribution >= 0.6 is 27.3 Å². The van der Waals surface area contributed by atoms with Crippen molar-refractivity contribution in [2.75, 3.05) is 7.05 Å². The summed E-state index contributed by atoms with van der Waals surface area (Å²) in [6.07, 6.45) is 2.40. The van der Waals surface area contributed by atoms with Crippen molar-refractivity contribution in [2.45, 2.75) is 32.7 Å². The molecule has 0 aromatic carbocycles. The van der Waals surface area contributed by atoms with Gasteiger partial charge >= 0.3 is 0 Å². The summed E-state index contributed by atoms with van der Waals surface area (Å²) in [6.45, 7) is 4.54. The molecule has 1 atom stereocenters. The fourth-order valence-electron chi connectivity index (χ4n) is 1.59. The maximum Gasteiger partial charge on any atom is 0.0701 e. The summed E-state index contributed by atoms with van der Waals surface area (Å²) in [5.74, 6) is 0.711. The molecule has 0 amide bonds. The van der Waals surface area contributed by atoms with Crippen molar-refractivity contribution in [1.82, 2.24) is 5.32 Å². The van der Waals surface area contributed by atoms with Gasteiger partial charge in [-0.2, -0.15) is 0 Å². The number of nitrogens with one attached hydrogen (secondary N) is 1. The van der Waals surface area contributed by atoms with E-state index in [-0.39, 0.29) is 0 Å². The van der Waals surface area contributed by atoms with Crippen LogP contribution in [0.2, 0.25) is 0 Å². The lowest BCUT2D eigenvalue weighted by molar-refractivity contribution is 0.404. The van der Waals surface area contributed by atoms with E-state index in [1.165, 1.54) is 21.5 Å². The first-order valence-corrected chi connectivity index (χ1v) is 6.66. The summed E-state index contributed by atoms with van der Waals surface area (Å²) < 4.78 is 1.23. The van der Waals surface area contributed by atoms with Crippen LogP contribution < -0.4 is 5.32 Å². The third-order valence-corrected chi connectivity index (χ3v) is 4.19. The zero-order valence-corrected chi connectivity index (χ0v) is 11.4. The molecule has 0 bridgehead atoms. The molecule has 1 heterocycles. The molecule has 1 aromatic rings. The Morgan fingerprint density at radius 2 is 2.14 bits per heavy atom. The Morgan fingerprint density at radius 3 is 2.57 bits per heavy atom. The van der Waals surface area contributed by atoms with Crippen molar-refractivity contribution >= 4 is 27.3 Å². The average Bonchev–Trinajstić information content (AvgIpc) is 2.52. The molecule has 0 aliphatic heterocycles. The predicted molar refractivity (Wildman–Crippen MR) is 68.0 cm³/mol. The molecular weight excluding hydrogens is 258 g/mol. The highest BCUT2D eigenvalue weighted by atomic mass is 79.9. The van der Waals surface area contributed by atoms with Gasteiger partial charge in [-0.1, -0.05) is 13.8 Å². The number of thiophene rings is 1. The summed E-state index contributed by atoms with van der Waals surface area (Å²) in [5, 5.41) is 3.37. The maximum atomic E-state index is 3.49. The fraction of sp³-hybridized carbons (Fsp3) is 0.636. The zero-order chi connectivity index (χ0) is 10.6. The van der Waals surface area contributed by atoms with Gasteiger partial charge in [0.05, 0.1) is 3.79 Å². The lowest BCUT2D eigenvalue weighted by atomic mass is 9.99. The van der Waals surface area contributed by atoms with Gasteiger partial charge in [-0.05, 0) is 53.9 Å². The van der Waals surface area contributed by atoms with E-state index in [1.807, 2.05) is 11.3 Å². The van der Waals surface area contributed by atoms with Crippen molar-refractivity contribution in [3.8, 4) is 0 Å². The Labute approximate surface area is 99.0 Å². The first-order valence-electron chi connectivity index (χ1n) is 5.05. The Bertz CT molecular complexity index is 270. The molecule has 1 unspecified atom stereocenters. The maximum absolute atomic E-state index is 3.49. The molecule has 0 aliphatic rings. The molecule has 0 aliphatic carbocycles. The van der Waals surface area contributed by atoms with Crippen molar-refractivity contribution in [2.24, 2.45) is 5.92 Å². The number of hydrogen-bond acceptors (Lipinski definition) is 2. The Balaban J connectivity index is 2.39. The second-order valence-corrected chi connectivity index (χ2v) is 6.43. The lowest BCUT2D eigenvalue weighted by Crippen LogP contribution is -2.30. The van der Waals surface area contributed by atoms with Gasteiger partial charge in [-0.15, -0.1) is 11.3 Å². The highest BCUT2D eigenvalue weighted by molar-refractivity contribution is 9.11. The summed E-state index contributed by atoms with van der Waals surface area (Å²) >= 11 is 5.33. The van der Waals surface area contributed by atoms with Crippen LogP contribution in [0.3, 0.4) is 0 Å². The second-order valence-electron chi connectivity index (χ2n) is 3.88. The Hall–Kier alpha value is 0.140. The number of rotatable bonds is 5. The van der Waals surface area contributed by atoms with Gasteiger partial charge in [0.1, 0.15) is 0 Å². The summed E-state index contributed by atoms with van der Waals surface area (Å²) in [5.41, 5.74) is 0.